The van der Waals surface area contributed by atoms with Gasteiger partial charge in [0.15, 0.2) is 0 Å². The van der Waals surface area contributed by atoms with Crippen molar-refractivity contribution in [2.24, 2.45) is 17.3 Å². The van der Waals surface area contributed by atoms with Crippen molar-refractivity contribution in [2.75, 3.05) is 18.0 Å². The predicted molar refractivity (Wildman–Crippen MR) is 136 cm³/mol. The van der Waals surface area contributed by atoms with Crippen LogP contribution in [0, 0.1) is 29.1 Å². The number of carboxylic acid groups (broad SMARTS) is 1. The van der Waals surface area contributed by atoms with Crippen LogP contribution in [-0.4, -0.2) is 46.9 Å². The number of carboxylic acids is 1. The van der Waals surface area contributed by atoms with Crippen LogP contribution in [0.1, 0.15) is 94.1 Å². The monoisotopic (exact) mass is 486 g/mol. The van der Waals surface area contributed by atoms with Gasteiger partial charge >= 0.3 is 5.97 Å². The number of aromatic carboxylic acids is 1. The molecule has 1 N–H and O–H groups in total. The first kappa shape index (κ1) is 26.3. The third kappa shape index (κ3) is 6.21. The molecule has 1 atom stereocenters. The summed E-state index contributed by atoms with van der Waals surface area (Å²) in [6, 6.07) is 1.04. The first-order chi connectivity index (χ1) is 16.0. The number of anilines is 1. The molecule has 186 valence electrons. The number of hydrogen-bond acceptors (Lipinski definition) is 4. The van der Waals surface area contributed by atoms with Crippen LogP contribution in [-0.2, 0) is 9.59 Å². The van der Waals surface area contributed by atoms with Crippen LogP contribution in [0.2, 0.25) is 0 Å². The summed E-state index contributed by atoms with van der Waals surface area (Å²) in [5.41, 5.74) is 0.0939. The fraction of sp³-hybridized carbons (Fsp3) is 0.667. The summed E-state index contributed by atoms with van der Waals surface area (Å²) >= 11 is 1.09. The molecule has 1 aliphatic heterocycles. The van der Waals surface area contributed by atoms with Gasteiger partial charge in [-0.15, -0.1) is 11.3 Å². The summed E-state index contributed by atoms with van der Waals surface area (Å²) in [7, 11) is 0. The van der Waals surface area contributed by atoms with Gasteiger partial charge in [-0.05, 0) is 84.6 Å². The lowest BCUT2D eigenvalue weighted by Crippen LogP contribution is -2.52. The van der Waals surface area contributed by atoms with Crippen molar-refractivity contribution in [3.8, 4) is 11.8 Å². The molecule has 2 amide bonds. The van der Waals surface area contributed by atoms with Gasteiger partial charge in [0, 0.05) is 24.4 Å². The largest absolute Gasteiger partial charge is 0.477 e. The van der Waals surface area contributed by atoms with E-state index in [4.69, 9.17) is 0 Å². The van der Waals surface area contributed by atoms with E-state index in [9.17, 15) is 19.5 Å². The van der Waals surface area contributed by atoms with E-state index < -0.39 is 12.0 Å². The Morgan fingerprint density at radius 1 is 1.18 bits per heavy atom. The van der Waals surface area contributed by atoms with Gasteiger partial charge < -0.3 is 10.0 Å². The van der Waals surface area contributed by atoms with Crippen LogP contribution in [0.3, 0.4) is 0 Å². The maximum atomic E-state index is 14.0. The number of carbonyl (C=O) groups is 3. The first-order valence-electron chi connectivity index (χ1n) is 12.5. The summed E-state index contributed by atoms with van der Waals surface area (Å²) in [6.07, 6.45) is 5.75. The van der Waals surface area contributed by atoms with E-state index >= 15 is 0 Å². The Hall–Kier alpha value is -2.33. The van der Waals surface area contributed by atoms with Crippen molar-refractivity contribution in [3.05, 3.63) is 15.8 Å². The number of hydrogen-bond donors (Lipinski definition) is 1. The molecule has 34 heavy (non-hydrogen) atoms. The number of likely N-dealkylation sites (tertiary alicyclic amines) is 1. The molecule has 7 heteroatoms. The van der Waals surface area contributed by atoms with Crippen molar-refractivity contribution in [2.45, 2.75) is 85.6 Å². The second kappa shape index (κ2) is 10.9. The van der Waals surface area contributed by atoms with Gasteiger partial charge in [-0.25, -0.2) is 4.79 Å². The van der Waals surface area contributed by atoms with Crippen molar-refractivity contribution >= 4 is 34.8 Å². The minimum atomic E-state index is -1.09. The highest BCUT2D eigenvalue weighted by atomic mass is 32.1. The zero-order valence-electron chi connectivity index (χ0n) is 21.1. The third-order valence-electron chi connectivity index (χ3n) is 6.78. The van der Waals surface area contributed by atoms with Crippen molar-refractivity contribution in [1.29, 1.82) is 0 Å². The lowest BCUT2D eigenvalue weighted by molar-refractivity contribution is -0.135. The summed E-state index contributed by atoms with van der Waals surface area (Å²) in [4.78, 5) is 43.8. The molecule has 2 aliphatic rings. The Bertz CT molecular complexity index is 973. The van der Waals surface area contributed by atoms with Gasteiger partial charge in [-0.3, -0.25) is 14.5 Å². The number of carbonyl (C=O) groups excluding carboxylic acids is 2. The molecule has 1 saturated carbocycles. The molecular formula is C27H38N2O4S. The molecule has 0 unspecified atom stereocenters. The SMILES string of the molecule is CCN1CCCC[C@H](N(c2cc(C#CC(C)(C)C)sc2C(=O)O)C(=O)[C@H]2CC[C@H](C)CC2)C1=O. The lowest BCUT2D eigenvalue weighted by atomic mass is 9.82. The number of nitrogens with zero attached hydrogens (tertiary/aromatic N) is 2. The van der Waals surface area contributed by atoms with Gasteiger partial charge in [-0.1, -0.05) is 18.8 Å². The van der Waals surface area contributed by atoms with E-state index in [-0.39, 0.29) is 28.0 Å². The van der Waals surface area contributed by atoms with Gasteiger partial charge in [0.25, 0.3) is 0 Å². The van der Waals surface area contributed by atoms with Crippen LogP contribution >= 0.6 is 11.3 Å². The normalized spacial score (nSPS) is 23.6. The van der Waals surface area contributed by atoms with Gasteiger partial charge in [-0.2, -0.15) is 0 Å². The quantitative estimate of drug-likeness (QED) is 0.565. The highest BCUT2D eigenvalue weighted by Gasteiger charge is 2.40. The van der Waals surface area contributed by atoms with E-state index in [1.165, 1.54) is 0 Å². The molecule has 0 bridgehead atoms. The molecule has 2 fully saturated rings. The van der Waals surface area contributed by atoms with Crippen LogP contribution in [0.25, 0.3) is 0 Å². The Morgan fingerprint density at radius 2 is 1.85 bits per heavy atom. The molecule has 1 saturated heterocycles. The van der Waals surface area contributed by atoms with Crippen molar-refractivity contribution in [3.63, 3.8) is 0 Å². The summed E-state index contributed by atoms with van der Waals surface area (Å²) < 4.78 is 0. The van der Waals surface area contributed by atoms with E-state index in [0.717, 1.165) is 49.9 Å². The minimum absolute atomic E-state index is 0.0795. The van der Waals surface area contributed by atoms with E-state index in [2.05, 4.69) is 18.8 Å². The molecule has 6 nitrogen and oxygen atoms in total. The third-order valence-corrected chi connectivity index (χ3v) is 7.80. The molecule has 1 aromatic heterocycles. The molecule has 1 aliphatic carbocycles. The Labute approximate surface area is 207 Å². The smallest absolute Gasteiger partial charge is 0.348 e. The maximum Gasteiger partial charge on any atom is 0.348 e. The van der Waals surface area contributed by atoms with E-state index in [0.29, 0.717) is 36.0 Å². The first-order valence-corrected chi connectivity index (χ1v) is 13.4. The molecule has 3 rings (SSSR count). The molecule has 0 spiro atoms. The topological polar surface area (TPSA) is 77.9 Å². The van der Waals surface area contributed by atoms with Gasteiger partial charge in [0.05, 0.1) is 10.6 Å². The van der Waals surface area contributed by atoms with Gasteiger partial charge in [0.1, 0.15) is 10.9 Å². The fourth-order valence-electron chi connectivity index (χ4n) is 4.81. The second-order valence-corrected chi connectivity index (χ2v) is 11.8. The lowest BCUT2D eigenvalue weighted by Gasteiger charge is -2.36. The van der Waals surface area contributed by atoms with Crippen molar-refractivity contribution in [1.82, 2.24) is 4.90 Å². The second-order valence-electron chi connectivity index (χ2n) is 10.7. The average Bonchev–Trinajstić information content (AvgIpc) is 3.11. The highest BCUT2D eigenvalue weighted by Crippen LogP contribution is 2.37. The molecule has 0 aromatic carbocycles. The molecule has 0 radical (unpaired) electrons. The Balaban J connectivity index is 2.10. The predicted octanol–water partition coefficient (Wildman–Crippen LogP) is 5.40. The zero-order valence-corrected chi connectivity index (χ0v) is 22.0. The highest BCUT2D eigenvalue weighted by molar-refractivity contribution is 7.15. The maximum absolute atomic E-state index is 14.0. The number of rotatable bonds is 5. The summed E-state index contributed by atoms with van der Waals surface area (Å²) in [5.74, 6) is 5.37. The fourth-order valence-corrected chi connectivity index (χ4v) is 5.65. The molecular weight excluding hydrogens is 448 g/mol. The summed E-state index contributed by atoms with van der Waals surface area (Å²) in [6.45, 7) is 11.4. The van der Waals surface area contributed by atoms with Crippen LogP contribution in [0.15, 0.2) is 6.07 Å². The minimum Gasteiger partial charge on any atom is -0.477 e. The Kier molecular flexibility index (Phi) is 8.46. The average molecular weight is 487 g/mol. The van der Waals surface area contributed by atoms with E-state index in [1.54, 1.807) is 15.9 Å². The zero-order chi connectivity index (χ0) is 25.0. The number of amides is 2. The molecule has 1 aromatic rings. The van der Waals surface area contributed by atoms with Crippen LogP contribution < -0.4 is 4.90 Å². The number of thiophene rings is 1. The van der Waals surface area contributed by atoms with Gasteiger partial charge in [0.2, 0.25) is 11.8 Å². The standard InChI is InChI=1S/C27H38N2O4S/c1-6-28-16-8-7-9-21(25(28)31)29(24(30)19-12-10-18(2)11-13-19)22-17-20(14-15-27(3,4)5)34-23(22)26(32)33/h17-19,21H,6-13,16H2,1-5H3,(H,32,33)/t18-,19-,21-/m0/s1. The molecule has 2 heterocycles. The van der Waals surface area contributed by atoms with Crippen LogP contribution in [0.5, 0.6) is 0 Å². The van der Waals surface area contributed by atoms with E-state index in [1.807, 2.05) is 27.7 Å². The number of likely N-dealkylation sites (N-methyl/N-ethyl adjacent to an activating group) is 1. The van der Waals surface area contributed by atoms with Crippen LogP contribution in [0.4, 0.5) is 5.69 Å². The summed E-state index contributed by atoms with van der Waals surface area (Å²) in [5, 5.41) is 10.0. The van der Waals surface area contributed by atoms with Crippen molar-refractivity contribution < 1.29 is 19.5 Å². The Morgan fingerprint density at radius 3 is 2.44 bits per heavy atom.